The summed E-state index contributed by atoms with van der Waals surface area (Å²) in [6.07, 6.45) is 5.17. The van der Waals surface area contributed by atoms with Gasteiger partial charge in [-0.2, -0.15) is 0 Å². The molecule has 3 rings (SSSR count). The van der Waals surface area contributed by atoms with Gasteiger partial charge in [-0.05, 0) is 71.2 Å². The number of rotatable bonds is 12. The number of hydrogen-bond acceptors (Lipinski definition) is 4. The Bertz CT molecular complexity index is 1150. The van der Waals surface area contributed by atoms with Gasteiger partial charge in [0.2, 0.25) is 0 Å². The lowest BCUT2D eigenvalue weighted by Gasteiger charge is -2.46. The third-order valence-corrected chi connectivity index (χ3v) is 19.2. The molecule has 0 saturated carbocycles. The molecular formula is C37H58O4Si2. The lowest BCUT2D eigenvalue weighted by molar-refractivity contribution is -0.167. The van der Waals surface area contributed by atoms with E-state index in [4.69, 9.17) is 13.6 Å². The zero-order chi connectivity index (χ0) is 32.1. The first-order valence-electron chi connectivity index (χ1n) is 16.3. The Kier molecular flexibility index (Phi) is 11.9. The molecule has 1 saturated heterocycles. The van der Waals surface area contributed by atoms with E-state index in [-0.39, 0.29) is 34.2 Å². The lowest BCUT2D eigenvalue weighted by atomic mass is 9.81. The number of cyclic esters (lactones) is 1. The Morgan fingerprint density at radius 2 is 1.44 bits per heavy atom. The fourth-order valence-electron chi connectivity index (χ4n) is 6.10. The topological polar surface area (TPSA) is 44.8 Å². The van der Waals surface area contributed by atoms with E-state index in [9.17, 15) is 4.79 Å². The van der Waals surface area contributed by atoms with Crippen molar-refractivity contribution in [1.29, 1.82) is 0 Å². The van der Waals surface area contributed by atoms with Crippen LogP contribution in [0, 0.1) is 11.8 Å². The van der Waals surface area contributed by atoms with E-state index >= 15 is 0 Å². The van der Waals surface area contributed by atoms with Gasteiger partial charge in [-0.3, -0.25) is 4.79 Å². The highest BCUT2D eigenvalue weighted by molar-refractivity contribution is 6.99. The molecule has 0 spiro atoms. The quantitative estimate of drug-likeness (QED) is 0.103. The monoisotopic (exact) mass is 622 g/mol. The summed E-state index contributed by atoms with van der Waals surface area (Å²) in [6, 6.07) is 21.7. The highest BCUT2D eigenvalue weighted by Gasteiger charge is 2.50. The first-order valence-corrected chi connectivity index (χ1v) is 21.1. The summed E-state index contributed by atoms with van der Waals surface area (Å²) in [5, 5.41) is 2.69. The van der Waals surface area contributed by atoms with Crippen LogP contribution in [0.25, 0.3) is 0 Å². The molecule has 0 N–H and O–H groups in total. The van der Waals surface area contributed by atoms with Crippen molar-refractivity contribution in [2.45, 2.75) is 123 Å². The zero-order valence-corrected chi connectivity index (χ0v) is 30.8. The number of allylic oxidation sites excluding steroid dienone is 1. The van der Waals surface area contributed by atoms with E-state index in [0.29, 0.717) is 18.9 Å². The van der Waals surface area contributed by atoms with Crippen LogP contribution in [0.1, 0.15) is 88.0 Å². The first-order chi connectivity index (χ1) is 20.0. The summed E-state index contributed by atoms with van der Waals surface area (Å²) >= 11 is 0. The molecule has 1 aliphatic heterocycles. The van der Waals surface area contributed by atoms with E-state index in [1.165, 1.54) is 10.4 Å². The van der Waals surface area contributed by atoms with Crippen LogP contribution in [-0.4, -0.2) is 41.4 Å². The first kappa shape index (κ1) is 35.5. The molecule has 0 unspecified atom stereocenters. The predicted octanol–water partition coefficient (Wildman–Crippen LogP) is 8.66. The second-order valence-electron chi connectivity index (χ2n) is 15.3. The largest absolute Gasteiger partial charge is 0.455 e. The van der Waals surface area contributed by atoms with Crippen molar-refractivity contribution in [3.8, 4) is 0 Å². The summed E-state index contributed by atoms with van der Waals surface area (Å²) in [5.74, 6) is 0.394. The van der Waals surface area contributed by atoms with Crippen LogP contribution >= 0.6 is 0 Å². The minimum Gasteiger partial charge on any atom is -0.455 e. The van der Waals surface area contributed by atoms with Gasteiger partial charge in [-0.1, -0.05) is 122 Å². The van der Waals surface area contributed by atoms with E-state index in [1.54, 1.807) is 0 Å². The zero-order valence-electron chi connectivity index (χ0n) is 28.8. The molecule has 0 amide bonds. The van der Waals surface area contributed by atoms with Crippen LogP contribution in [0.4, 0.5) is 0 Å². The van der Waals surface area contributed by atoms with E-state index in [0.717, 1.165) is 24.8 Å². The lowest BCUT2D eigenvalue weighted by Crippen LogP contribution is -2.66. The minimum absolute atomic E-state index is 0.0246. The van der Waals surface area contributed by atoms with Crippen LogP contribution in [-0.2, 0) is 18.4 Å². The van der Waals surface area contributed by atoms with Crippen LogP contribution in [0.2, 0.25) is 23.2 Å². The summed E-state index contributed by atoms with van der Waals surface area (Å²) in [6.45, 7) is 25.6. The van der Waals surface area contributed by atoms with Gasteiger partial charge in [-0.15, -0.1) is 0 Å². The molecule has 1 fully saturated rings. The van der Waals surface area contributed by atoms with Crippen LogP contribution in [0.5, 0.6) is 0 Å². The van der Waals surface area contributed by atoms with Crippen molar-refractivity contribution in [2.24, 2.45) is 11.8 Å². The second kappa shape index (κ2) is 14.4. The number of unbranched alkanes of at least 4 members (excludes halogenated alkanes) is 2. The predicted molar refractivity (Wildman–Crippen MR) is 186 cm³/mol. The second-order valence-corrected chi connectivity index (χ2v) is 24.4. The van der Waals surface area contributed by atoms with Gasteiger partial charge >= 0.3 is 5.97 Å². The molecule has 43 heavy (non-hydrogen) atoms. The maximum Gasteiger partial charge on any atom is 0.306 e. The van der Waals surface area contributed by atoms with Gasteiger partial charge in [-0.25, -0.2) is 0 Å². The maximum absolute atomic E-state index is 12.7. The maximum atomic E-state index is 12.7. The molecule has 1 aliphatic rings. The molecule has 0 radical (unpaired) electrons. The Balaban J connectivity index is 1.73. The third kappa shape index (κ3) is 8.39. The Morgan fingerprint density at radius 3 is 1.91 bits per heavy atom. The summed E-state index contributed by atoms with van der Waals surface area (Å²) < 4.78 is 20.1. The average molecular weight is 623 g/mol. The summed E-state index contributed by atoms with van der Waals surface area (Å²) in [7, 11) is -4.58. The Labute approximate surface area is 264 Å². The normalized spacial score (nSPS) is 20.8. The molecule has 4 nitrogen and oxygen atoms in total. The van der Waals surface area contributed by atoms with E-state index < -0.39 is 16.6 Å². The SMILES string of the molecule is C/C(=C\CCCCO[Si](c1ccccc1)(c1ccccc1)C(C)(C)C)[C@@H]1OC(=O)C[C@H](C(C)C)[C@H]1O[Si](C)(C)C(C)(C)C. The fraction of sp³-hybridized carbons (Fsp3) is 0.595. The highest BCUT2D eigenvalue weighted by Crippen LogP contribution is 2.42. The van der Waals surface area contributed by atoms with Gasteiger partial charge < -0.3 is 13.6 Å². The number of ether oxygens (including phenoxy) is 1. The molecule has 2 aromatic carbocycles. The minimum atomic E-state index is -2.52. The van der Waals surface area contributed by atoms with Gasteiger partial charge in [0.25, 0.3) is 8.32 Å². The number of hydrogen-bond donors (Lipinski definition) is 0. The van der Waals surface area contributed by atoms with Crippen molar-refractivity contribution in [2.75, 3.05) is 6.61 Å². The van der Waals surface area contributed by atoms with Crippen LogP contribution < -0.4 is 10.4 Å². The molecule has 2 aromatic rings. The molecule has 1 heterocycles. The van der Waals surface area contributed by atoms with Gasteiger partial charge in [0.1, 0.15) is 6.10 Å². The van der Waals surface area contributed by atoms with E-state index in [1.807, 2.05) is 0 Å². The molecule has 0 aromatic heterocycles. The van der Waals surface area contributed by atoms with Gasteiger partial charge in [0, 0.05) is 12.5 Å². The van der Waals surface area contributed by atoms with Crippen molar-refractivity contribution in [3.63, 3.8) is 0 Å². The number of esters is 1. The molecule has 0 bridgehead atoms. The molecule has 238 valence electrons. The van der Waals surface area contributed by atoms with E-state index in [2.05, 4.69) is 142 Å². The van der Waals surface area contributed by atoms with Crippen LogP contribution in [0.3, 0.4) is 0 Å². The van der Waals surface area contributed by atoms with Gasteiger partial charge in [0.15, 0.2) is 8.32 Å². The van der Waals surface area contributed by atoms with Gasteiger partial charge in [0.05, 0.1) is 12.5 Å². The van der Waals surface area contributed by atoms with Crippen molar-refractivity contribution < 1.29 is 18.4 Å². The van der Waals surface area contributed by atoms with Crippen molar-refractivity contribution in [3.05, 3.63) is 72.3 Å². The number of carbonyl (C=O) groups is 1. The molecule has 6 heteroatoms. The molecular weight excluding hydrogens is 565 g/mol. The summed E-state index contributed by atoms with van der Waals surface area (Å²) in [4.78, 5) is 12.7. The number of carbonyl (C=O) groups excluding carboxylic acids is 1. The van der Waals surface area contributed by atoms with Crippen LogP contribution in [0.15, 0.2) is 72.3 Å². The molecule has 0 aliphatic carbocycles. The average Bonchev–Trinajstić information content (AvgIpc) is 2.92. The summed E-state index contributed by atoms with van der Waals surface area (Å²) in [5.41, 5.74) is 1.11. The third-order valence-electron chi connectivity index (χ3n) is 9.72. The Hall–Kier alpha value is -2.00. The van der Waals surface area contributed by atoms with Crippen molar-refractivity contribution >= 4 is 33.0 Å². The van der Waals surface area contributed by atoms with Crippen molar-refractivity contribution in [1.82, 2.24) is 0 Å². The fourth-order valence-corrected chi connectivity index (χ4v) is 12.0. The standard InChI is InChI=1S/C37H58O4Si2/c1-28(2)32-27-33(38)40-34(35(32)41-42(10,11)36(4,5)6)29(3)21-15-14-20-26-39-43(37(7,8)9,30-22-16-12-17-23-30)31-24-18-13-19-25-31/h12-13,16-19,21-25,28,32,34-35H,14-15,20,26-27H2,1-11H3/b29-21+/t32-,34+,35-/m1/s1. The molecule has 3 atom stereocenters. The smallest absolute Gasteiger partial charge is 0.306 e. The highest BCUT2D eigenvalue weighted by atomic mass is 28.4. The Morgan fingerprint density at radius 1 is 0.907 bits per heavy atom. The number of benzene rings is 2.